The molecule has 0 aliphatic heterocycles. The van der Waals surface area contributed by atoms with Gasteiger partial charge in [0.25, 0.3) is 5.91 Å². The SMILES string of the molecule is CC1CC1CCc1ccc(NC(=O)c2ccccc2NS(=O)(=O)Cc2ccccc2)cc1. The third-order valence-corrected chi connectivity index (χ3v) is 7.17. The molecule has 1 amide bonds. The molecule has 166 valence electrons. The van der Waals surface area contributed by atoms with Crippen LogP contribution >= 0.6 is 0 Å². The zero-order valence-electron chi connectivity index (χ0n) is 18.1. The van der Waals surface area contributed by atoms with Gasteiger partial charge in [-0.1, -0.05) is 61.5 Å². The number of carbonyl (C=O) groups excluding carboxylic acids is 1. The predicted molar refractivity (Wildman–Crippen MR) is 129 cm³/mol. The largest absolute Gasteiger partial charge is 0.322 e. The second kappa shape index (κ2) is 9.57. The topological polar surface area (TPSA) is 75.3 Å². The van der Waals surface area contributed by atoms with Gasteiger partial charge in [0, 0.05) is 5.69 Å². The summed E-state index contributed by atoms with van der Waals surface area (Å²) in [4.78, 5) is 12.9. The van der Waals surface area contributed by atoms with Crippen molar-refractivity contribution in [3.05, 3.63) is 95.6 Å². The molecule has 6 heteroatoms. The smallest absolute Gasteiger partial charge is 0.257 e. The quantitative estimate of drug-likeness (QED) is 0.456. The molecule has 4 rings (SSSR count). The van der Waals surface area contributed by atoms with Gasteiger partial charge in [0.15, 0.2) is 0 Å². The Balaban J connectivity index is 1.41. The van der Waals surface area contributed by atoms with E-state index in [1.807, 2.05) is 30.3 Å². The molecule has 0 heterocycles. The highest BCUT2D eigenvalue weighted by molar-refractivity contribution is 7.91. The molecule has 5 nitrogen and oxygen atoms in total. The Morgan fingerprint density at radius 1 is 0.906 bits per heavy atom. The molecule has 0 spiro atoms. The number of anilines is 2. The Hall–Kier alpha value is -3.12. The Bertz CT molecular complexity index is 1180. The van der Waals surface area contributed by atoms with Gasteiger partial charge in [0.05, 0.1) is 17.0 Å². The average molecular weight is 449 g/mol. The zero-order valence-corrected chi connectivity index (χ0v) is 18.9. The molecule has 1 saturated carbocycles. The summed E-state index contributed by atoms with van der Waals surface area (Å²) < 4.78 is 27.8. The second-order valence-electron chi connectivity index (χ2n) is 8.56. The van der Waals surface area contributed by atoms with Crippen LogP contribution in [0.4, 0.5) is 11.4 Å². The summed E-state index contributed by atoms with van der Waals surface area (Å²) in [7, 11) is -3.66. The highest BCUT2D eigenvalue weighted by Gasteiger charge is 2.31. The van der Waals surface area contributed by atoms with Crippen molar-refractivity contribution in [1.82, 2.24) is 0 Å². The van der Waals surface area contributed by atoms with E-state index >= 15 is 0 Å². The summed E-state index contributed by atoms with van der Waals surface area (Å²) in [5, 5.41) is 2.87. The number of nitrogens with one attached hydrogen (secondary N) is 2. The van der Waals surface area contributed by atoms with Crippen molar-refractivity contribution in [3.8, 4) is 0 Å². The van der Waals surface area contributed by atoms with Crippen molar-refractivity contribution in [3.63, 3.8) is 0 Å². The monoisotopic (exact) mass is 448 g/mol. The lowest BCUT2D eigenvalue weighted by Crippen LogP contribution is -2.19. The molecule has 0 aromatic heterocycles. The standard InChI is InChI=1S/C26H28N2O3S/c1-19-17-22(19)14-11-20-12-15-23(16-13-20)27-26(29)24-9-5-6-10-25(24)28-32(30,31)18-21-7-3-2-4-8-21/h2-10,12-13,15-16,19,22,28H,11,14,17-18H2,1H3,(H,27,29). The minimum Gasteiger partial charge on any atom is -0.322 e. The van der Waals surface area contributed by atoms with E-state index in [0.717, 1.165) is 18.3 Å². The van der Waals surface area contributed by atoms with Gasteiger partial charge in [-0.3, -0.25) is 9.52 Å². The van der Waals surface area contributed by atoms with Crippen LogP contribution in [0.3, 0.4) is 0 Å². The van der Waals surface area contributed by atoms with Gasteiger partial charge in [-0.2, -0.15) is 0 Å². The van der Waals surface area contributed by atoms with E-state index in [4.69, 9.17) is 0 Å². The Labute approximate surface area is 189 Å². The molecule has 32 heavy (non-hydrogen) atoms. The number of hydrogen-bond donors (Lipinski definition) is 2. The average Bonchev–Trinajstić information content (AvgIpc) is 3.48. The Kier molecular flexibility index (Phi) is 6.61. The molecular weight excluding hydrogens is 420 g/mol. The molecule has 3 aromatic rings. The minimum atomic E-state index is -3.66. The fraction of sp³-hybridized carbons (Fsp3) is 0.269. The molecule has 0 saturated heterocycles. The van der Waals surface area contributed by atoms with Crippen molar-refractivity contribution in [1.29, 1.82) is 0 Å². The summed E-state index contributed by atoms with van der Waals surface area (Å²) >= 11 is 0. The van der Waals surface area contributed by atoms with Gasteiger partial charge in [0.1, 0.15) is 0 Å². The lowest BCUT2D eigenvalue weighted by Gasteiger charge is -2.13. The summed E-state index contributed by atoms with van der Waals surface area (Å²) in [5.41, 5.74) is 3.15. The van der Waals surface area contributed by atoms with Gasteiger partial charge in [-0.25, -0.2) is 8.42 Å². The maximum absolute atomic E-state index is 12.9. The Morgan fingerprint density at radius 2 is 1.56 bits per heavy atom. The first kappa shape index (κ1) is 22.1. The molecule has 2 atom stereocenters. The van der Waals surface area contributed by atoms with Crippen LogP contribution in [0.2, 0.25) is 0 Å². The highest BCUT2D eigenvalue weighted by atomic mass is 32.2. The van der Waals surface area contributed by atoms with Gasteiger partial charge >= 0.3 is 0 Å². The van der Waals surface area contributed by atoms with Crippen molar-refractivity contribution < 1.29 is 13.2 Å². The predicted octanol–water partition coefficient (Wildman–Crippen LogP) is 5.47. The van der Waals surface area contributed by atoms with Crippen LogP contribution in [0.1, 0.15) is 41.3 Å². The minimum absolute atomic E-state index is 0.162. The van der Waals surface area contributed by atoms with Crippen LogP contribution in [-0.4, -0.2) is 14.3 Å². The van der Waals surface area contributed by atoms with Gasteiger partial charge in [-0.15, -0.1) is 0 Å². The third kappa shape index (κ3) is 5.98. The number of amides is 1. The number of rotatable bonds is 9. The summed E-state index contributed by atoms with van der Waals surface area (Å²) in [6.45, 7) is 2.29. The summed E-state index contributed by atoms with van der Waals surface area (Å²) in [5.74, 6) is 1.20. The fourth-order valence-corrected chi connectivity index (χ4v) is 5.09. The van der Waals surface area contributed by atoms with E-state index in [1.165, 1.54) is 18.4 Å². The zero-order chi connectivity index (χ0) is 22.6. The van der Waals surface area contributed by atoms with Crippen LogP contribution in [0, 0.1) is 11.8 Å². The van der Waals surface area contributed by atoms with Crippen molar-refractivity contribution in [2.75, 3.05) is 10.0 Å². The van der Waals surface area contributed by atoms with Gasteiger partial charge in [0.2, 0.25) is 10.0 Å². The van der Waals surface area contributed by atoms with Crippen molar-refractivity contribution in [2.24, 2.45) is 11.8 Å². The first-order valence-electron chi connectivity index (χ1n) is 10.9. The van der Waals surface area contributed by atoms with Crippen LogP contribution < -0.4 is 10.0 Å². The number of sulfonamides is 1. The molecule has 1 fully saturated rings. The van der Waals surface area contributed by atoms with E-state index in [9.17, 15) is 13.2 Å². The lowest BCUT2D eigenvalue weighted by molar-refractivity contribution is 0.102. The van der Waals surface area contributed by atoms with Crippen LogP contribution in [0.5, 0.6) is 0 Å². The maximum atomic E-state index is 12.9. The third-order valence-electron chi connectivity index (χ3n) is 5.93. The molecule has 2 unspecified atom stereocenters. The first-order valence-corrected chi connectivity index (χ1v) is 12.6. The number of aryl methyl sites for hydroxylation is 1. The van der Waals surface area contributed by atoms with E-state index in [0.29, 0.717) is 11.3 Å². The molecule has 1 aliphatic rings. The number of hydrogen-bond acceptors (Lipinski definition) is 3. The van der Waals surface area contributed by atoms with E-state index < -0.39 is 10.0 Å². The normalized spacial score (nSPS) is 17.5. The molecular formula is C26H28N2O3S. The van der Waals surface area contributed by atoms with E-state index in [1.54, 1.807) is 48.5 Å². The van der Waals surface area contributed by atoms with Crippen molar-refractivity contribution in [2.45, 2.75) is 31.9 Å². The van der Waals surface area contributed by atoms with Gasteiger partial charge < -0.3 is 5.32 Å². The molecule has 3 aromatic carbocycles. The van der Waals surface area contributed by atoms with Crippen LogP contribution in [0.25, 0.3) is 0 Å². The first-order chi connectivity index (χ1) is 15.4. The van der Waals surface area contributed by atoms with Crippen LogP contribution in [-0.2, 0) is 22.2 Å². The van der Waals surface area contributed by atoms with E-state index in [2.05, 4.69) is 17.0 Å². The lowest BCUT2D eigenvalue weighted by atomic mass is 10.1. The number of carbonyl (C=O) groups is 1. The Morgan fingerprint density at radius 3 is 2.25 bits per heavy atom. The van der Waals surface area contributed by atoms with Gasteiger partial charge in [-0.05, 0) is 66.5 Å². The van der Waals surface area contributed by atoms with Crippen molar-refractivity contribution >= 4 is 27.3 Å². The number of para-hydroxylation sites is 1. The molecule has 1 aliphatic carbocycles. The van der Waals surface area contributed by atoms with E-state index in [-0.39, 0.29) is 22.9 Å². The molecule has 2 N–H and O–H groups in total. The highest BCUT2D eigenvalue weighted by Crippen LogP contribution is 2.41. The number of benzene rings is 3. The summed E-state index contributed by atoms with van der Waals surface area (Å²) in [6.07, 6.45) is 3.60. The summed E-state index contributed by atoms with van der Waals surface area (Å²) in [6, 6.07) is 23.4. The fourth-order valence-electron chi connectivity index (χ4n) is 3.87. The van der Waals surface area contributed by atoms with Crippen LogP contribution in [0.15, 0.2) is 78.9 Å². The molecule has 0 radical (unpaired) electrons. The molecule has 0 bridgehead atoms. The maximum Gasteiger partial charge on any atom is 0.257 e. The second-order valence-corrected chi connectivity index (χ2v) is 10.3.